The van der Waals surface area contributed by atoms with Crippen LogP contribution in [0.2, 0.25) is 0 Å². The summed E-state index contributed by atoms with van der Waals surface area (Å²) in [5, 5.41) is 9.26. The summed E-state index contributed by atoms with van der Waals surface area (Å²) in [6.45, 7) is 1.51. The molecular weight excluding hydrogens is 381 g/mol. The maximum Gasteiger partial charge on any atom is 0.416 e. The van der Waals surface area contributed by atoms with Gasteiger partial charge in [-0.3, -0.25) is 0 Å². The molecular formula is C18H17F3N2O3S. The zero-order valence-corrected chi connectivity index (χ0v) is 15.1. The minimum absolute atomic E-state index is 0.298. The number of rotatable bonds is 2. The number of aromatic nitrogens is 1. The molecule has 2 aliphatic rings. The van der Waals surface area contributed by atoms with Crippen LogP contribution in [-0.2, 0) is 22.9 Å². The first kappa shape index (κ1) is 18.2. The molecule has 0 bridgehead atoms. The summed E-state index contributed by atoms with van der Waals surface area (Å²) in [5.41, 5.74) is -0.257. The largest absolute Gasteiger partial charge is 0.477 e. The molecule has 1 spiro atoms. The Hall–Kier alpha value is -2.13. The van der Waals surface area contributed by atoms with Gasteiger partial charge >= 0.3 is 12.1 Å². The van der Waals surface area contributed by atoms with Gasteiger partial charge in [-0.05, 0) is 43.0 Å². The molecule has 0 atom stereocenters. The number of hydrogen-bond donors (Lipinski definition) is 1. The van der Waals surface area contributed by atoms with Gasteiger partial charge < -0.3 is 14.7 Å². The van der Waals surface area contributed by atoms with Crippen molar-refractivity contribution in [1.82, 2.24) is 4.98 Å². The highest BCUT2D eigenvalue weighted by molar-refractivity contribution is 7.14. The van der Waals surface area contributed by atoms with Crippen molar-refractivity contribution in [2.24, 2.45) is 0 Å². The van der Waals surface area contributed by atoms with Crippen molar-refractivity contribution in [2.45, 2.75) is 31.0 Å². The Balaban J connectivity index is 1.56. The number of pyridine rings is 1. The summed E-state index contributed by atoms with van der Waals surface area (Å²) in [7, 11) is 0. The van der Waals surface area contributed by atoms with Crippen LogP contribution >= 0.6 is 11.3 Å². The molecule has 2 aliphatic heterocycles. The lowest BCUT2D eigenvalue weighted by atomic mass is 9.85. The van der Waals surface area contributed by atoms with Crippen molar-refractivity contribution in [2.75, 3.05) is 24.6 Å². The van der Waals surface area contributed by atoms with Crippen LogP contribution < -0.4 is 4.90 Å². The maximum absolute atomic E-state index is 12.9. The second-order valence-corrected chi connectivity index (χ2v) is 7.80. The molecule has 0 radical (unpaired) electrons. The van der Waals surface area contributed by atoms with Gasteiger partial charge in [0.05, 0.1) is 12.2 Å². The van der Waals surface area contributed by atoms with Gasteiger partial charge in [0.2, 0.25) is 0 Å². The third-order valence-electron chi connectivity index (χ3n) is 5.15. The number of piperidine rings is 1. The van der Waals surface area contributed by atoms with Crippen LogP contribution in [-0.4, -0.2) is 35.8 Å². The molecule has 5 nitrogen and oxygen atoms in total. The molecule has 0 unspecified atom stereocenters. The van der Waals surface area contributed by atoms with Gasteiger partial charge in [0.1, 0.15) is 16.3 Å². The van der Waals surface area contributed by atoms with Crippen molar-refractivity contribution in [1.29, 1.82) is 0 Å². The first-order chi connectivity index (χ1) is 12.8. The Labute approximate surface area is 157 Å². The van der Waals surface area contributed by atoms with Crippen LogP contribution in [0.3, 0.4) is 0 Å². The summed E-state index contributed by atoms with van der Waals surface area (Å²) < 4.78 is 44.9. The van der Waals surface area contributed by atoms with E-state index in [9.17, 15) is 23.1 Å². The number of carbonyl (C=O) groups is 1. The molecule has 1 fully saturated rings. The number of thiophene rings is 1. The second kappa shape index (κ2) is 6.49. The van der Waals surface area contributed by atoms with Crippen LogP contribution in [0.25, 0.3) is 0 Å². The van der Waals surface area contributed by atoms with E-state index in [0.29, 0.717) is 49.7 Å². The number of halogens is 3. The van der Waals surface area contributed by atoms with E-state index >= 15 is 0 Å². The van der Waals surface area contributed by atoms with Gasteiger partial charge in [-0.2, -0.15) is 13.2 Å². The number of alkyl halides is 3. The molecule has 27 heavy (non-hydrogen) atoms. The van der Waals surface area contributed by atoms with Gasteiger partial charge in [-0.25, -0.2) is 9.78 Å². The maximum atomic E-state index is 12.9. The van der Waals surface area contributed by atoms with Crippen molar-refractivity contribution < 1.29 is 27.8 Å². The number of anilines is 1. The number of hydrogen-bond acceptors (Lipinski definition) is 5. The van der Waals surface area contributed by atoms with Crippen molar-refractivity contribution in [3.8, 4) is 0 Å². The summed E-state index contributed by atoms with van der Waals surface area (Å²) in [6.07, 6.45) is -1.38. The molecule has 144 valence electrons. The fourth-order valence-electron chi connectivity index (χ4n) is 3.76. The van der Waals surface area contributed by atoms with Gasteiger partial charge in [0.25, 0.3) is 0 Å². The van der Waals surface area contributed by atoms with Crippen LogP contribution in [0.1, 0.15) is 38.5 Å². The summed E-state index contributed by atoms with van der Waals surface area (Å²) in [6, 6.07) is 3.75. The predicted molar refractivity (Wildman–Crippen MR) is 93.3 cm³/mol. The average molecular weight is 398 g/mol. The van der Waals surface area contributed by atoms with E-state index in [1.165, 1.54) is 17.5 Å². The number of carboxylic acid groups (broad SMARTS) is 1. The second-order valence-electron chi connectivity index (χ2n) is 6.75. The van der Waals surface area contributed by atoms with Gasteiger partial charge in [-0.15, -0.1) is 11.3 Å². The van der Waals surface area contributed by atoms with Crippen molar-refractivity contribution >= 4 is 23.1 Å². The van der Waals surface area contributed by atoms with Crippen LogP contribution in [0.15, 0.2) is 24.4 Å². The Kier molecular flexibility index (Phi) is 4.38. The zero-order chi connectivity index (χ0) is 19.2. The summed E-state index contributed by atoms with van der Waals surface area (Å²) in [4.78, 5) is 18.5. The first-order valence-corrected chi connectivity index (χ1v) is 9.39. The van der Waals surface area contributed by atoms with Crippen molar-refractivity contribution in [3.63, 3.8) is 0 Å². The fraction of sp³-hybridized carbons (Fsp3) is 0.444. The van der Waals surface area contributed by atoms with E-state index in [0.717, 1.165) is 22.6 Å². The van der Waals surface area contributed by atoms with E-state index in [4.69, 9.17) is 4.74 Å². The van der Waals surface area contributed by atoms with E-state index < -0.39 is 23.3 Å². The molecule has 1 saturated heterocycles. The van der Waals surface area contributed by atoms with Gasteiger partial charge in [0.15, 0.2) is 0 Å². The zero-order valence-electron chi connectivity index (χ0n) is 14.3. The normalized spacial score (nSPS) is 19.1. The lowest BCUT2D eigenvalue weighted by molar-refractivity contribution is -0.137. The summed E-state index contributed by atoms with van der Waals surface area (Å²) >= 11 is 1.24. The van der Waals surface area contributed by atoms with Crippen molar-refractivity contribution in [3.05, 3.63) is 45.3 Å². The summed E-state index contributed by atoms with van der Waals surface area (Å²) in [5.74, 6) is -0.650. The first-order valence-electron chi connectivity index (χ1n) is 8.57. The SMILES string of the molecule is O=C(O)c1cc2c(s1)C1(CCN(c3cc(C(F)(F)F)ccn3)CC1)OCC2. The predicted octanol–water partition coefficient (Wildman–Crippen LogP) is 3.93. The highest BCUT2D eigenvalue weighted by atomic mass is 32.1. The van der Waals surface area contributed by atoms with E-state index in [1.807, 2.05) is 4.90 Å². The Morgan fingerprint density at radius 3 is 2.70 bits per heavy atom. The van der Waals surface area contributed by atoms with E-state index in [-0.39, 0.29) is 0 Å². The van der Waals surface area contributed by atoms with E-state index in [1.54, 1.807) is 6.07 Å². The fourth-order valence-corrected chi connectivity index (χ4v) is 5.01. The molecule has 1 N–H and O–H groups in total. The van der Waals surface area contributed by atoms with E-state index in [2.05, 4.69) is 4.98 Å². The lowest BCUT2D eigenvalue weighted by Crippen LogP contribution is -2.46. The molecule has 0 aromatic carbocycles. The molecule has 0 amide bonds. The number of nitrogens with zero attached hydrogens (tertiary/aromatic N) is 2. The number of aromatic carboxylic acids is 1. The molecule has 0 aliphatic carbocycles. The molecule has 0 saturated carbocycles. The number of carboxylic acids is 1. The molecule has 4 rings (SSSR count). The molecule has 2 aromatic rings. The Morgan fingerprint density at radius 1 is 1.30 bits per heavy atom. The van der Waals surface area contributed by atoms with Gasteiger partial charge in [-0.1, -0.05) is 0 Å². The molecule has 9 heteroatoms. The number of fused-ring (bicyclic) bond motifs is 2. The topological polar surface area (TPSA) is 62.7 Å². The third-order valence-corrected chi connectivity index (χ3v) is 6.50. The molecule has 2 aromatic heterocycles. The lowest BCUT2D eigenvalue weighted by Gasteiger charge is -2.44. The van der Waals surface area contributed by atoms with Crippen LogP contribution in [0.4, 0.5) is 19.0 Å². The minimum atomic E-state index is -4.40. The average Bonchev–Trinajstić information content (AvgIpc) is 3.08. The molecule has 4 heterocycles. The van der Waals surface area contributed by atoms with Gasteiger partial charge in [0, 0.05) is 24.2 Å². The van der Waals surface area contributed by atoms with Crippen LogP contribution in [0.5, 0.6) is 0 Å². The third kappa shape index (κ3) is 3.29. The smallest absolute Gasteiger partial charge is 0.416 e. The monoisotopic (exact) mass is 398 g/mol. The number of ether oxygens (including phenoxy) is 1. The highest BCUT2D eigenvalue weighted by Gasteiger charge is 2.43. The highest BCUT2D eigenvalue weighted by Crippen LogP contribution is 2.46. The Bertz CT molecular complexity index is 873. The standard InChI is InChI=1S/C18H17F3N2O3S/c19-18(20,21)12-1-5-22-14(10-12)23-6-3-17(4-7-23)15-11(2-8-26-17)9-13(27-15)16(24)25/h1,5,9-10H,2-4,6-8H2,(H,24,25). The quantitative estimate of drug-likeness (QED) is 0.831. The van der Waals surface area contributed by atoms with Crippen LogP contribution in [0, 0.1) is 0 Å². The minimum Gasteiger partial charge on any atom is -0.477 e. The Morgan fingerprint density at radius 2 is 2.04 bits per heavy atom.